The number of amides is 2. The summed E-state index contributed by atoms with van der Waals surface area (Å²) in [5.74, 6) is -0.483. The number of pyridine rings is 1. The molecule has 1 saturated heterocycles. The van der Waals surface area contributed by atoms with E-state index < -0.39 is 29.3 Å². The van der Waals surface area contributed by atoms with E-state index in [1.165, 1.54) is 35.4 Å². The van der Waals surface area contributed by atoms with Crippen molar-refractivity contribution in [3.05, 3.63) is 58.7 Å². The van der Waals surface area contributed by atoms with Crippen LogP contribution in [0.15, 0.2) is 42.6 Å². The third-order valence-electron chi connectivity index (χ3n) is 7.21. The molecule has 0 saturated carbocycles. The first-order valence-electron chi connectivity index (χ1n) is 14.5. The molecule has 15 heteroatoms. The van der Waals surface area contributed by atoms with Gasteiger partial charge in [-0.15, -0.1) is 0 Å². The maximum absolute atomic E-state index is 13.8. The van der Waals surface area contributed by atoms with E-state index in [1.807, 2.05) is 11.9 Å². The number of piperazine rings is 1. The van der Waals surface area contributed by atoms with Crippen LogP contribution in [0.2, 0.25) is 5.02 Å². The Morgan fingerprint density at radius 1 is 1.04 bits per heavy atom. The van der Waals surface area contributed by atoms with E-state index in [1.54, 1.807) is 20.8 Å². The van der Waals surface area contributed by atoms with Crippen LogP contribution in [-0.2, 0) is 10.9 Å². The van der Waals surface area contributed by atoms with E-state index in [4.69, 9.17) is 31.5 Å². The monoisotopic (exact) mass is 662 g/mol. The number of ether oxygens (including phenoxy) is 3. The molecule has 3 heterocycles. The summed E-state index contributed by atoms with van der Waals surface area (Å²) in [5.41, 5.74) is 5.00. The van der Waals surface area contributed by atoms with Gasteiger partial charge in [0.1, 0.15) is 18.0 Å². The summed E-state index contributed by atoms with van der Waals surface area (Å²) in [6, 6.07) is 7.64. The van der Waals surface area contributed by atoms with Gasteiger partial charge in [0, 0.05) is 43.1 Å². The second kappa shape index (κ2) is 12.8. The van der Waals surface area contributed by atoms with Gasteiger partial charge < -0.3 is 35.1 Å². The number of hydrogen-bond acceptors (Lipinski definition) is 9. The Kier molecular flexibility index (Phi) is 9.14. The molecule has 0 bridgehead atoms. The molecule has 2 aliphatic rings. The van der Waals surface area contributed by atoms with Crippen LogP contribution < -0.4 is 30.3 Å². The first-order chi connectivity index (χ1) is 21.6. The molecule has 0 radical (unpaired) electrons. The normalized spacial score (nSPS) is 15.6. The highest BCUT2D eigenvalue weighted by Gasteiger charge is 2.34. The Morgan fingerprint density at radius 2 is 1.76 bits per heavy atom. The zero-order valence-corrected chi connectivity index (χ0v) is 26.5. The fourth-order valence-corrected chi connectivity index (χ4v) is 5.03. The molecule has 1 aromatic heterocycles. The van der Waals surface area contributed by atoms with Crippen LogP contribution in [0.4, 0.5) is 40.8 Å². The number of rotatable bonds is 5. The fraction of sp³-hybridized carbons (Fsp3) is 0.387. The zero-order chi connectivity index (χ0) is 33.4. The summed E-state index contributed by atoms with van der Waals surface area (Å²) in [7, 11) is 1.95. The average molecular weight is 663 g/mol. The summed E-state index contributed by atoms with van der Waals surface area (Å²) in [4.78, 5) is 35.7. The third kappa shape index (κ3) is 7.50. The SMILES string of the molecule is CN1CCN(c2cc(NC(=O)c3ccc(Cl)c(Oc4c(N)cnc5c4OCCN5C(=O)OC(C)(C)C)c3)cc(C(F)(F)F)c2)CC1. The van der Waals surface area contributed by atoms with Crippen LogP contribution >= 0.6 is 11.6 Å². The van der Waals surface area contributed by atoms with Gasteiger partial charge in [0.05, 0.1) is 29.0 Å². The van der Waals surface area contributed by atoms with Crippen LogP contribution in [-0.4, -0.2) is 73.9 Å². The topological polar surface area (TPSA) is 122 Å². The molecule has 2 aromatic carbocycles. The summed E-state index contributed by atoms with van der Waals surface area (Å²) < 4.78 is 58.7. The van der Waals surface area contributed by atoms with Crippen molar-refractivity contribution in [2.75, 3.05) is 67.2 Å². The number of nitrogens with one attached hydrogen (secondary N) is 1. The molecule has 2 aliphatic heterocycles. The number of aromatic nitrogens is 1. The lowest BCUT2D eigenvalue weighted by Gasteiger charge is -2.34. The largest absolute Gasteiger partial charge is 0.484 e. The number of fused-ring (bicyclic) bond motifs is 1. The molecule has 3 N–H and O–H groups in total. The van der Waals surface area contributed by atoms with Gasteiger partial charge >= 0.3 is 12.3 Å². The Morgan fingerprint density at radius 3 is 2.43 bits per heavy atom. The predicted octanol–water partition coefficient (Wildman–Crippen LogP) is 6.27. The molecule has 3 aromatic rings. The number of nitrogen functional groups attached to an aromatic ring is 1. The van der Waals surface area contributed by atoms with Crippen LogP contribution in [0.5, 0.6) is 17.2 Å². The summed E-state index contributed by atoms with van der Waals surface area (Å²) in [5, 5.41) is 2.68. The Labute approximate surface area is 268 Å². The van der Waals surface area contributed by atoms with E-state index in [-0.39, 0.29) is 58.2 Å². The maximum Gasteiger partial charge on any atom is 0.416 e. The third-order valence-corrected chi connectivity index (χ3v) is 7.52. The smallest absolute Gasteiger partial charge is 0.416 e. The minimum absolute atomic E-state index is 0.00686. The summed E-state index contributed by atoms with van der Waals surface area (Å²) in [6.07, 6.45) is -3.97. The highest BCUT2D eigenvalue weighted by molar-refractivity contribution is 6.32. The number of carbonyl (C=O) groups excluding carboxylic acids is 2. The van der Waals surface area contributed by atoms with Crippen molar-refractivity contribution in [3.63, 3.8) is 0 Å². The average Bonchev–Trinajstić information content (AvgIpc) is 2.98. The van der Waals surface area contributed by atoms with Crippen molar-refractivity contribution in [2.24, 2.45) is 0 Å². The summed E-state index contributed by atoms with van der Waals surface area (Å²) in [6.45, 7) is 7.96. The van der Waals surface area contributed by atoms with Gasteiger partial charge in [-0.25, -0.2) is 9.78 Å². The van der Waals surface area contributed by atoms with E-state index in [9.17, 15) is 22.8 Å². The molecule has 5 rings (SSSR count). The molecular formula is C31H34ClF3N6O5. The first-order valence-corrected chi connectivity index (χ1v) is 14.8. The second-order valence-corrected chi connectivity index (χ2v) is 12.3. The number of halogens is 4. The Hall–Kier alpha value is -4.43. The van der Waals surface area contributed by atoms with Crippen LogP contribution in [0.1, 0.15) is 36.7 Å². The van der Waals surface area contributed by atoms with Gasteiger partial charge in [-0.05, 0) is 64.2 Å². The number of hydrogen-bond donors (Lipinski definition) is 2. The van der Waals surface area contributed by atoms with Crippen molar-refractivity contribution in [1.29, 1.82) is 0 Å². The van der Waals surface area contributed by atoms with Gasteiger partial charge in [-0.2, -0.15) is 13.2 Å². The quantitative estimate of drug-likeness (QED) is 0.326. The van der Waals surface area contributed by atoms with Crippen molar-refractivity contribution in [3.8, 4) is 17.2 Å². The van der Waals surface area contributed by atoms with Gasteiger partial charge in [-0.1, -0.05) is 11.6 Å². The highest BCUT2D eigenvalue weighted by atomic mass is 35.5. The fourth-order valence-electron chi connectivity index (χ4n) is 4.88. The van der Waals surface area contributed by atoms with Crippen molar-refractivity contribution in [1.82, 2.24) is 9.88 Å². The number of benzene rings is 2. The predicted molar refractivity (Wildman–Crippen MR) is 168 cm³/mol. The lowest BCUT2D eigenvalue weighted by Crippen LogP contribution is -2.44. The lowest BCUT2D eigenvalue weighted by molar-refractivity contribution is -0.137. The number of alkyl halides is 3. The van der Waals surface area contributed by atoms with Crippen molar-refractivity contribution < 1.29 is 37.0 Å². The Balaban J connectivity index is 1.41. The number of likely N-dealkylation sites (N-methyl/N-ethyl adjacent to an activating group) is 1. The molecule has 0 atom stereocenters. The number of carbonyl (C=O) groups is 2. The van der Waals surface area contributed by atoms with Crippen molar-refractivity contribution in [2.45, 2.75) is 32.5 Å². The molecule has 2 amide bonds. The molecular weight excluding hydrogens is 629 g/mol. The van der Waals surface area contributed by atoms with E-state index >= 15 is 0 Å². The van der Waals surface area contributed by atoms with Gasteiger partial charge in [0.2, 0.25) is 5.75 Å². The molecule has 246 valence electrons. The van der Waals surface area contributed by atoms with E-state index in [0.29, 0.717) is 31.9 Å². The highest BCUT2D eigenvalue weighted by Crippen LogP contribution is 2.46. The molecule has 46 heavy (non-hydrogen) atoms. The molecule has 0 spiro atoms. The van der Waals surface area contributed by atoms with Crippen LogP contribution in [0.3, 0.4) is 0 Å². The van der Waals surface area contributed by atoms with Crippen LogP contribution in [0, 0.1) is 0 Å². The lowest BCUT2D eigenvalue weighted by atomic mass is 10.1. The second-order valence-electron chi connectivity index (χ2n) is 11.9. The minimum Gasteiger partial charge on any atom is -0.484 e. The van der Waals surface area contributed by atoms with Gasteiger partial charge in [-0.3, -0.25) is 9.69 Å². The number of nitrogens with zero attached hydrogens (tertiary/aromatic N) is 4. The van der Waals surface area contributed by atoms with E-state index in [2.05, 4.69) is 15.2 Å². The summed E-state index contributed by atoms with van der Waals surface area (Å²) >= 11 is 6.41. The molecule has 1 fully saturated rings. The van der Waals surface area contributed by atoms with Crippen molar-refractivity contribution >= 4 is 46.5 Å². The van der Waals surface area contributed by atoms with Gasteiger partial charge in [0.15, 0.2) is 11.6 Å². The molecule has 0 unspecified atom stereocenters. The van der Waals surface area contributed by atoms with E-state index in [0.717, 1.165) is 12.1 Å². The Bertz CT molecular complexity index is 1640. The number of anilines is 4. The van der Waals surface area contributed by atoms with Gasteiger partial charge in [0.25, 0.3) is 5.91 Å². The minimum atomic E-state index is -4.62. The molecule has 11 nitrogen and oxygen atoms in total. The maximum atomic E-state index is 13.8. The first kappa shape index (κ1) is 32.9. The van der Waals surface area contributed by atoms with Crippen LogP contribution in [0.25, 0.3) is 0 Å². The number of nitrogens with two attached hydrogens (primary N) is 1. The standard InChI is InChI=1S/C31H34ClF3N6O5/c1-30(2,3)46-29(43)41-11-12-44-26-25(23(36)17-37-27(26)41)45-24-13-18(5-6-22(24)32)28(42)38-20-14-19(31(33,34)35)15-21(16-20)40-9-7-39(4)8-10-40/h5-6,13-17H,7-12,36H2,1-4H3,(H,38,42). The molecule has 0 aliphatic carbocycles. The zero-order valence-electron chi connectivity index (χ0n) is 25.7.